The molecule has 5 heteroatoms. The van der Waals surface area contributed by atoms with Gasteiger partial charge in [-0.15, -0.1) is 0 Å². The molecule has 3 heterocycles. The van der Waals surface area contributed by atoms with E-state index in [1.54, 1.807) is 6.33 Å². The van der Waals surface area contributed by atoms with Crippen LogP contribution in [-0.2, 0) is 0 Å². The average molecular weight is 273 g/mol. The van der Waals surface area contributed by atoms with Crippen LogP contribution in [0.2, 0.25) is 0 Å². The van der Waals surface area contributed by atoms with Crippen LogP contribution in [0.3, 0.4) is 0 Å². The van der Waals surface area contributed by atoms with E-state index in [9.17, 15) is 0 Å². The molecule has 0 radical (unpaired) electrons. The lowest BCUT2D eigenvalue weighted by Crippen LogP contribution is -2.46. The molecule has 0 saturated carbocycles. The van der Waals surface area contributed by atoms with Crippen LogP contribution in [0.15, 0.2) is 18.6 Å². The quantitative estimate of drug-likeness (QED) is 0.867. The van der Waals surface area contributed by atoms with Gasteiger partial charge in [-0.25, -0.2) is 9.97 Å². The van der Waals surface area contributed by atoms with Gasteiger partial charge in [-0.1, -0.05) is 0 Å². The van der Waals surface area contributed by atoms with E-state index >= 15 is 0 Å². The Hall–Kier alpha value is -1.62. The summed E-state index contributed by atoms with van der Waals surface area (Å²) in [6.07, 6.45) is 5.97. The normalized spacial score (nSPS) is 18.8. The third-order valence-electron chi connectivity index (χ3n) is 4.35. The number of hydrogen-bond acceptors (Lipinski definition) is 4. The Labute approximate surface area is 119 Å². The van der Waals surface area contributed by atoms with Crippen molar-refractivity contribution in [3.05, 3.63) is 18.6 Å². The Balaban J connectivity index is 1.82. The molecule has 5 nitrogen and oxygen atoms in total. The molecule has 0 bridgehead atoms. The number of nitrogens with two attached hydrogens (primary N) is 1. The fourth-order valence-corrected chi connectivity index (χ4v) is 3.10. The topological polar surface area (TPSA) is 60.0 Å². The van der Waals surface area contributed by atoms with Gasteiger partial charge < -0.3 is 10.3 Å². The van der Waals surface area contributed by atoms with Crippen LogP contribution in [0.25, 0.3) is 11.0 Å². The first-order chi connectivity index (χ1) is 9.47. The van der Waals surface area contributed by atoms with Crippen molar-refractivity contribution in [2.45, 2.75) is 45.2 Å². The van der Waals surface area contributed by atoms with E-state index in [1.807, 2.05) is 6.07 Å². The molecule has 1 aliphatic heterocycles. The van der Waals surface area contributed by atoms with E-state index in [4.69, 9.17) is 5.73 Å². The summed E-state index contributed by atoms with van der Waals surface area (Å²) >= 11 is 0. The molecule has 1 fully saturated rings. The number of hydrogen-bond donors (Lipinski definition) is 1. The molecule has 0 unspecified atom stereocenters. The number of piperidine rings is 1. The summed E-state index contributed by atoms with van der Waals surface area (Å²) in [4.78, 5) is 11.0. The monoisotopic (exact) mass is 273 g/mol. The molecular formula is C15H23N5. The first kappa shape index (κ1) is 13.4. The fourth-order valence-electron chi connectivity index (χ4n) is 3.10. The zero-order valence-electron chi connectivity index (χ0n) is 12.5. The molecule has 2 aromatic rings. The van der Waals surface area contributed by atoms with E-state index < -0.39 is 0 Å². The summed E-state index contributed by atoms with van der Waals surface area (Å²) in [7, 11) is 0. The van der Waals surface area contributed by atoms with Crippen LogP contribution in [0.5, 0.6) is 0 Å². The Morgan fingerprint density at radius 3 is 2.55 bits per heavy atom. The second-order valence-corrected chi connectivity index (χ2v) is 6.61. The van der Waals surface area contributed by atoms with Crippen molar-refractivity contribution in [1.82, 2.24) is 19.4 Å². The number of nitrogen functional groups attached to an aromatic ring is 1. The third kappa shape index (κ3) is 2.26. The Kier molecular flexibility index (Phi) is 3.17. The van der Waals surface area contributed by atoms with Crippen molar-refractivity contribution in [2.75, 3.05) is 18.8 Å². The van der Waals surface area contributed by atoms with E-state index in [2.05, 4.69) is 46.4 Å². The van der Waals surface area contributed by atoms with Crippen LogP contribution in [0.4, 0.5) is 5.82 Å². The minimum atomic E-state index is 0.260. The van der Waals surface area contributed by atoms with Gasteiger partial charge in [0.05, 0.1) is 5.39 Å². The molecule has 0 aromatic carbocycles. The molecule has 3 rings (SSSR count). The number of likely N-dealkylation sites (tertiary alicyclic amines) is 1. The van der Waals surface area contributed by atoms with Gasteiger partial charge in [0.15, 0.2) is 0 Å². The van der Waals surface area contributed by atoms with Gasteiger partial charge >= 0.3 is 0 Å². The second-order valence-electron chi connectivity index (χ2n) is 6.61. The Morgan fingerprint density at radius 2 is 1.90 bits per heavy atom. The Bertz CT molecular complexity index is 602. The summed E-state index contributed by atoms with van der Waals surface area (Å²) in [6.45, 7) is 9.12. The van der Waals surface area contributed by atoms with Crippen LogP contribution in [0.1, 0.15) is 39.7 Å². The maximum Gasteiger partial charge on any atom is 0.145 e. The van der Waals surface area contributed by atoms with Gasteiger partial charge in [0.25, 0.3) is 0 Å². The highest BCUT2D eigenvalue weighted by Crippen LogP contribution is 2.30. The molecule has 1 aliphatic rings. The molecule has 20 heavy (non-hydrogen) atoms. The van der Waals surface area contributed by atoms with Gasteiger partial charge in [-0.3, -0.25) is 4.90 Å². The maximum atomic E-state index is 5.91. The van der Waals surface area contributed by atoms with E-state index in [0.29, 0.717) is 11.9 Å². The smallest absolute Gasteiger partial charge is 0.145 e. The van der Waals surface area contributed by atoms with Gasteiger partial charge in [-0.2, -0.15) is 0 Å². The highest BCUT2D eigenvalue weighted by Gasteiger charge is 2.28. The summed E-state index contributed by atoms with van der Waals surface area (Å²) < 4.78 is 2.27. The molecule has 0 atom stereocenters. The molecular weight excluding hydrogens is 250 g/mol. The Morgan fingerprint density at radius 1 is 1.20 bits per heavy atom. The van der Waals surface area contributed by atoms with Crippen molar-refractivity contribution >= 4 is 16.9 Å². The highest BCUT2D eigenvalue weighted by molar-refractivity contribution is 5.86. The lowest BCUT2D eigenvalue weighted by Gasteiger charge is -2.41. The van der Waals surface area contributed by atoms with Crippen molar-refractivity contribution in [2.24, 2.45) is 0 Å². The van der Waals surface area contributed by atoms with E-state index in [-0.39, 0.29) is 5.54 Å². The largest absolute Gasteiger partial charge is 0.383 e. The number of rotatable bonds is 1. The molecule has 108 valence electrons. The van der Waals surface area contributed by atoms with Crippen LogP contribution < -0.4 is 5.73 Å². The molecule has 1 saturated heterocycles. The van der Waals surface area contributed by atoms with Gasteiger partial charge in [0, 0.05) is 30.9 Å². The standard InChI is InChI=1S/C15H23N5/c1-15(2,3)19-7-4-11(5-8-19)20-9-6-12-13(16)17-10-18-14(12)20/h6,9-11H,4-5,7-8H2,1-3H3,(H2,16,17,18). The van der Waals surface area contributed by atoms with Crippen molar-refractivity contribution < 1.29 is 0 Å². The minimum absolute atomic E-state index is 0.260. The lowest BCUT2D eigenvalue weighted by molar-refractivity contribution is 0.0906. The number of nitrogens with zero attached hydrogens (tertiary/aromatic N) is 4. The number of aromatic nitrogens is 3. The summed E-state index contributed by atoms with van der Waals surface area (Å²) in [5.41, 5.74) is 7.13. The molecule has 2 N–H and O–H groups in total. The van der Waals surface area contributed by atoms with Crippen molar-refractivity contribution in [3.63, 3.8) is 0 Å². The zero-order chi connectivity index (χ0) is 14.3. The lowest BCUT2D eigenvalue weighted by atomic mass is 9.98. The van der Waals surface area contributed by atoms with Gasteiger partial charge in [0.1, 0.15) is 17.8 Å². The third-order valence-corrected chi connectivity index (χ3v) is 4.35. The zero-order valence-corrected chi connectivity index (χ0v) is 12.5. The summed E-state index contributed by atoms with van der Waals surface area (Å²) in [6, 6.07) is 2.54. The van der Waals surface area contributed by atoms with Gasteiger partial charge in [0.2, 0.25) is 0 Å². The van der Waals surface area contributed by atoms with Crippen molar-refractivity contribution in [3.8, 4) is 0 Å². The predicted molar refractivity (Wildman–Crippen MR) is 81.5 cm³/mol. The SMILES string of the molecule is CC(C)(C)N1CCC(n2ccc3c(N)ncnc32)CC1. The average Bonchev–Trinajstić information content (AvgIpc) is 2.83. The first-order valence-electron chi connectivity index (χ1n) is 7.29. The van der Waals surface area contributed by atoms with Crippen LogP contribution in [-0.4, -0.2) is 38.1 Å². The minimum Gasteiger partial charge on any atom is -0.383 e. The van der Waals surface area contributed by atoms with Gasteiger partial charge in [-0.05, 0) is 39.7 Å². The molecule has 0 spiro atoms. The fraction of sp³-hybridized carbons (Fsp3) is 0.600. The van der Waals surface area contributed by atoms with Crippen LogP contribution in [0, 0.1) is 0 Å². The van der Waals surface area contributed by atoms with E-state index in [1.165, 1.54) is 0 Å². The maximum absolute atomic E-state index is 5.91. The number of fused-ring (bicyclic) bond motifs is 1. The first-order valence-corrected chi connectivity index (χ1v) is 7.29. The highest BCUT2D eigenvalue weighted by atomic mass is 15.2. The molecule has 0 amide bonds. The van der Waals surface area contributed by atoms with Crippen LogP contribution >= 0.6 is 0 Å². The predicted octanol–water partition coefficient (Wildman–Crippen LogP) is 2.45. The molecule has 2 aromatic heterocycles. The number of anilines is 1. The summed E-state index contributed by atoms with van der Waals surface area (Å²) in [5.74, 6) is 0.570. The second kappa shape index (κ2) is 4.74. The molecule has 0 aliphatic carbocycles. The van der Waals surface area contributed by atoms with Crippen molar-refractivity contribution in [1.29, 1.82) is 0 Å². The summed E-state index contributed by atoms with van der Waals surface area (Å²) in [5, 5.41) is 0.964. The van der Waals surface area contributed by atoms with E-state index in [0.717, 1.165) is 37.0 Å².